The molecule has 0 atom stereocenters. The largest absolute Gasteiger partial charge is 0.444 e. The molecule has 0 heterocycles. The standard InChI is InChI=1S/C13H26N2O3/c1-5-17-11-8-10(9-11)14-6-7-15-12(16)18-13(2,3)4/h10-11,14H,5-9H2,1-4H3,(H,15,16). The number of nitrogens with one attached hydrogen (secondary N) is 2. The molecule has 0 aromatic rings. The molecule has 1 amide bonds. The Bertz CT molecular complexity index is 257. The predicted octanol–water partition coefficient (Wildman–Crippen LogP) is 1.67. The van der Waals surface area contributed by atoms with Gasteiger partial charge >= 0.3 is 6.09 Å². The van der Waals surface area contributed by atoms with Crippen LogP contribution in [0.5, 0.6) is 0 Å². The lowest BCUT2D eigenvalue weighted by Gasteiger charge is -2.35. The van der Waals surface area contributed by atoms with Gasteiger partial charge < -0.3 is 20.1 Å². The van der Waals surface area contributed by atoms with Gasteiger partial charge in [-0.15, -0.1) is 0 Å². The summed E-state index contributed by atoms with van der Waals surface area (Å²) < 4.78 is 10.6. The van der Waals surface area contributed by atoms with Crippen LogP contribution >= 0.6 is 0 Å². The highest BCUT2D eigenvalue weighted by Crippen LogP contribution is 2.22. The summed E-state index contributed by atoms with van der Waals surface area (Å²) in [5, 5.41) is 6.10. The predicted molar refractivity (Wildman–Crippen MR) is 70.7 cm³/mol. The van der Waals surface area contributed by atoms with Crippen LogP contribution in [-0.2, 0) is 9.47 Å². The van der Waals surface area contributed by atoms with Gasteiger partial charge in [0.25, 0.3) is 0 Å². The van der Waals surface area contributed by atoms with Crippen LogP contribution < -0.4 is 10.6 Å². The first-order valence-corrected chi connectivity index (χ1v) is 6.72. The molecule has 18 heavy (non-hydrogen) atoms. The second-order valence-corrected chi connectivity index (χ2v) is 5.63. The number of carbonyl (C=O) groups is 1. The first-order chi connectivity index (χ1) is 8.40. The molecule has 106 valence electrons. The molecule has 1 aliphatic rings. The zero-order valence-electron chi connectivity index (χ0n) is 11.9. The number of rotatable bonds is 6. The zero-order valence-corrected chi connectivity index (χ0v) is 11.9. The summed E-state index contributed by atoms with van der Waals surface area (Å²) >= 11 is 0. The van der Waals surface area contributed by atoms with Crippen molar-refractivity contribution in [1.29, 1.82) is 0 Å². The van der Waals surface area contributed by atoms with E-state index in [1.54, 1.807) is 0 Å². The second-order valence-electron chi connectivity index (χ2n) is 5.63. The van der Waals surface area contributed by atoms with Crippen LogP contribution in [0.1, 0.15) is 40.5 Å². The lowest BCUT2D eigenvalue weighted by molar-refractivity contribution is -0.00971. The van der Waals surface area contributed by atoms with E-state index in [2.05, 4.69) is 10.6 Å². The van der Waals surface area contributed by atoms with E-state index in [1.807, 2.05) is 27.7 Å². The SMILES string of the molecule is CCOC1CC(NCCNC(=O)OC(C)(C)C)C1. The summed E-state index contributed by atoms with van der Waals surface area (Å²) in [5.41, 5.74) is -0.434. The van der Waals surface area contributed by atoms with Crippen LogP contribution in [0.2, 0.25) is 0 Å². The van der Waals surface area contributed by atoms with Crippen molar-refractivity contribution < 1.29 is 14.3 Å². The Morgan fingerprint density at radius 2 is 1.94 bits per heavy atom. The lowest BCUT2D eigenvalue weighted by Crippen LogP contribution is -2.47. The minimum absolute atomic E-state index is 0.356. The van der Waals surface area contributed by atoms with E-state index in [-0.39, 0.29) is 6.09 Å². The van der Waals surface area contributed by atoms with Crippen LogP contribution in [-0.4, -0.2) is 43.5 Å². The van der Waals surface area contributed by atoms with Crippen LogP contribution in [0.3, 0.4) is 0 Å². The van der Waals surface area contributed by atoms with Crippen molar-refractivity contribution in [3.63, 3.8) is 0 Å². The van der Waals surface area contributed by atoms with E-state index >= 15 is 0 Å². The van der Waals surface area contributed by atoms with Gasteiger partial charge in [-0.25, -0.2) is 4.79 Å². The van der Waals surface area contributed by atoms with Gasteiger partial charge in [-0.1, -0.05) is 0 Å². The van der Waals surface area contributed by atoms with Gasteiger partial charge in [-0.3, -0.25) is 0 Å². The minimum atomic E-state index is -0.434. The minimum Gasteiger partial charge on any atom is -0.444 e. The van der Waals surface area contributed by atoms with Gasteiger partial charge in [-0.2, -0.15) is 0 Å². The second kappa shape index (κ2) is 6.95. The van der Waals surface area contributed by atoms with E-state index in [0.717, 1.165) is 26.0 Å². The van der Waals surface area contributed by atoms with Crippen molar-refractivity contribution in [3.05, 3.63) is 0 Å². The third-order valence-electron chi connectivity index (χ3n) is 2.72. The summed E-state index contributed by atoms with van der Waals surface area (Å²) in [4.78, 5) is 11.3. The highest BCUT2D eigenvalue weighted by molar-refractivity contribution is 5.67. The summed E-state index contributed by atoms with van der Waals surface area (Å²) in [5.74, 6) is 0. The fourth-order valence-corrected chi connectivity index (χ4v) is 1.86. The molecule has 0 radical (unpaired) electrons. The summed E-state index contributed by atoms with van der Waals surface area (Å²) in [7, 11) is 0. The Labute approximate surface area is 110 Å². The molecule has 0 saturated heterocycles. The summed E-state index contributed by atoms with van der Waals surface area (Å²) in [6.07, 6.45) is 2.21. The van der Waals surface area contributed by atoms with E-state index in [1.165, 1.54) is 0 Å². The fourth-order valence-electron chi connectivity index (χ4n) is 1.86. The number of amides is 1. The van der Waals surface area contributed by atoms with Crippen molar-refractivity contribution in [1.82, 2.24) is 10.6 Å². The molecular weight excluding hydrogens is 232 g/mol. The first kappa shape index (κ1) is 15.2. The summed E-state index contributed by atoms with van der Waals surface area (Å²) in [6, 6.07) is 0.530. The number of ether oxygens (including phenoxy) is 2. The molecule has 1 aliphatic carbocycles. The highest BCUT2D eigenvalue weighted by atomic mass is 16.6. The molecule has 1 saturated carbocycles. The van der Waals surface area contributed by atoms with E-state index < -0.39 is 5.60 Å². The third kappa shape index (κ3) is 6.21. The topological polar surface area (TPSA) is 59.6 Å². The number of carbonyl (C=O) groups excluding carboxylic acids is 1. The molecule has 5 nitrogen and oxygen atoms in total. The quantitative estimate of drug-likeness (QED) is 0.712. The number of alkyl carbamates (subject to hydrolysis) is 1. The van der Waals surface area contributed by atoms with Crippen molar-refractivity contribution >= 4 is 6.09 Å². The molecule has 1 fully saturated rings. The van der Waals surface area contributed by atoms with Crippen LogP contribution in [0.25, 0.3) is 0 Å². The maximum Gasteiger partial charge on any atom is 0.407 e. The summed E-state index contributed by atoms with van der Waals surface area (Å²) in [6.45, 7) is 9.73. The van der Waals surface area contributed by atoms with Crippen LogP contribution in [0.15, 0.2) is 0 Å². The molecule has 0 spiro atoms. The molecule has 0 unspecified atom stereocenters. The fraction of sp³-hybridized carbons (Fsp3) is 0.923. The van der Waals surface area contributed by atoms with Gasteiger partial charge in [0, 0.05) is 25.7 Å². The first-order valence-electron chi connectivity index (χ1n) is 6.72. The smallest absolute Gasteiger partial charge is 0.407 e. The Morgan fingerprint density at radius 3 is 2.50 bits per heavy atom. The Kier molecular flexibility index (Phi) is 5.88. The average Bonchev–Trinajstić information content (AvgIpc) is 2.17. The molecule has 0 aromatic heterocycles. The molecule has 5 heteroatoms. The van der Waals surface area contributed by atoms with Crippen molar-refractivity contribution in [2.24, 2.45) is 0 Å². The van der Waals surface area contributed by atoms with E-state index in [0.29, 0.717) is 18.7 Å². The van der Waals surface area contributed by atoms with Crippen molar-refractivity contribution in [2.75, 3.05) is 19.7 Å². The molecule has 0 aliphatic heterocycles. The van der Waals surface area contributed by atoms with Gasteiger partial charge in [0.1, 0.15) is 5.60 Å². The van der Waals surface area contributed by atoms with Crippen LogP contribution in [0, 0.1) is 0 Å². The van der Waals surface area contributed by atoms with Gasteiger partial charge in [0.15, 0.2) is 0 Å². The normalized spacial score (nSPS) is 23.3. The molecule has 0 aromatic carbocycles. The number of hydrogen-bond donors (Lipinski definition) is 2. The monoisotopic (exact) mass is 258 g/mol. The van der Waals surface area contributed by atoms with Crippen molar-refractivity contribution in [2.45, 2.75) is 58.3 Å². The third-order valence-corrected chi connectivity index (χ3v) is 2.72. The molecule has 2 N–H and O–H groups in total. The van der Waals surface area contributed by atoms with Gasteiger partial charge in [0.2, 0.25) is 0 Å². The van der Waals surface area contributed by atoms with E-state index in [4.69, 9.17) is 9.47 Å². The Morgan fingerprint density at radius 1 is 1.28 bits per heavy atom. The highest BCUT2D eigenvalue weighted by Gasteiger charge is 2.28. The van der Waals surface area contributed by atoms with Crippen molar-refractivity contribution in [3.8, 4) is 0 Å². The molecule has 0 bridgehead atoms. The Hall–Kier alpha value is -0.810. The number of hydrogen-bond acceptors (Lipinski definition) is 4. The average molecular weight is 258 g/mol. The van der Waals surface area contributed by atoms with Gasteiger partial charge in [-0.05, 0) is 40.5 Å². The lowest BCUT2D eigenvalue weighted by atomic mass is 9.89. The zero-order chi connectivity index (χ0) is 13.6. The van der Waals surface area contributed by atoms with Gasteiger partial charge in [0.05, 0.1) is 6.10 Å². The van der Waals surface area contributed by atoms with Crippen LogP contribution in [0.4, 0.5) is 4.79 Å². The molecule has 1 rings (SSSR count). The maximum absolute atomic E-state index is 11.3. The Balaban J connectivity index is 1.95. The van der Waals surface area contributed by atoms with E-state index in [9.17, 15) is 4.79 Å². The molecular formula is C13H26N2O3. The maximum atomic E-state index is 11.3.